The Morgan fingerprint density at radius 2 is 1.65 bits per heavy atom. The van der Waals surface area contributed by atoms with Crippen LogP contribution in [0, 0.1) is 29.6 Å². The lowest BCUT2D eigenvalue weighted by Crippen LogP contribution is -2.55. The van der Waals surface area contributed by atoms with Crippen molar-refractivity contribution >= 4 is 17.8 Å². The van der Waals surface area contributed by atoms with E-state index >= 15 is 0 Å². The largest absolute Gasteiger partial charge is 0.478 e. The minimum Gasteiger partial charge on any atom is -0.478 e. The highest BCUT2D eigenvalue weighted by Gasteiger charge is 2.37. The molecule has 2 N–H and O–H groups in total. The number of nitrogens with one attached hydrogen (secondary N) is 1. The molecule has 0 saturated heterocycles. The van der Waals surface area contributed by atoms with Gasteiger partial charge >= 0.3 is 5.97 Å². The number of nitrogens with zero attached hydrogens (tertiary/aromatic N) is 1. The first-order chi connectivity index (χ1) is 14.4. The minimum absolute atomic E-state index is 0.0104. The van der Waals surface area contributed by atoms with Crippen LogP contribution < -0.4 is 5.32 Å². The van der Waals surface area contributed by atoms with Crippen LogP contribution in [0.4, 0.5) is 0 Å². The van der Waals surface area contributed by atoms with Crippen LogP contribution in [0.5, 0.6) is 0 Å². The molecule has 0 spiro atoms. The molecule has 6 nitrogen and oxygen atoms in total. The Morgan fingerprint density at radius 1 is 1.06 bits per heavy atom. The summed E-state index contributed by atoms with van der Waals surface area (Å²) in [6.45, 7) is 13.7. The van der Waals surface area contributed by atoms with Crippen LogP contribution in [0.25, 0.3) is 0 Å². The Kier molecular flexibility index (Phi) is 10.7. The zero-order valence-electron chi connectivity index (χ0n) is 20.8. The summed E-state index contributed by atoms with van der Waals surface area (Å²) in [5, 5.41) is 12.3. The fraction of sp³-hybridized carbons (Fsp3) is 0.800. The standard InChI is InChI=1S/C25H44N2O4/c1-9-17(6)19-12-10-11-13-20(19)23(28)26-22(16(4)5)24(29)27(8)21(15(2)3)14-18(7)25(30)31/h14-17,19-22H,9-13H2,1-8H3,(H,26,28)(H,30,31)/t17?,19?,20-,21+,22?/m0/s1. The van der Waals surface area contributed by atoms with Crippen LogP contribution in [0.3, 0.4) is 0 Å². The van der Waals surface area contributed by atoms with E-state index in [-0.39, 0.29) is 41.2 Å². The van der Waals surface area contributed by atoms with Gasteiger partial charge in [0, 0.05) is 18.5 Å². The van der Waals surface area contributed by atoms with Crippen molar-refractivity contribution in [1.82, 2.24) is 10.2 Å². The maximum atomic E-state index is 13.4. The molecule has 5 atom stereocenters. The molecule has 0 heterocycles. The molecular formula is C25H44N2O4. The third kappa shape index (κ3) is 7.36. The van der Waals surface area contributed by atoms with Crippen molar-refractivity contribution in [2.75, 3.05) is 7.05 Å². The zero-order valence-corrected chi connectivity index (χ0v) is 20.8. The van der Waals surface area contributed by atoms with Crippen molar-refractivity contribution in [2.24, 2.45) is 29.6 Å². The van der Waals surface area contributed by atoms with E-state index in [1.165, 1.54) is 13.3 Å². The van der Waals surface area contributed by atoms with Gasteiger partial charge in [-0.2, -0.15) is 0 Å². The van der Waals surface area contributed by atoms with Crippen molar-refractivity contribution in [3.8, 4) is 0 Å². The first kappa shape index (κ1) is 27.2. The third-order valence-electron chi connectivity index (χ3n) is 7.00. The van der Waals surface area contributed by atoms with E-state index in [1.807, 2.05) is 27.7 Å². The van der Waals surface area contributed by atoms with Gasteiger partial charge in [0.25, 0.3) is 0 Å². The SMILES string of the molecule is CCC(C)C1CCCC[C@@H]1C(=O)NC(C(=O)N(C)[C@H](C=C(C)C(=O)O)C(C)C)C(C)C. The normalized spacial score (nSPS) is 22.7. The van der Waals surface area contributed by atoms with E-state index < -0.39 is 12.0 Å². The third-order valence-corrected chi connectivity index (χ3v) is 7.00. The highest BCUT2D eigenvalue weighted by atomic mass is 16.4. The summed E-state index contributed by atoms with van der Waals surface area (Å²) < 4.78 is 0. The lowest BCUT2D eigenvalue weighted by Gasteiger charge is -2.37. The summed E-state index contributed by atoms with van der Waals surface area (Å²) >= 11 is 0. The first-order valence-corrected chi connectivity index (χ1v) is 11.9. The quantitative estimate of drug-likeness (QED) is 0.494. The Labute approximate surface area is 188 Å². The number of rotatable bonds is 10. The molecule has 2 amide bonds. The van der Waals surface area contributed by atoms with Gasteiger partial charge in [-0.25, -0.2) is 4.79 Å². The molecular weight excluding hydrogens is 392 g/mol. The van der Waals surface area contributed by atoms with Gasteiger partial charge in [0.2, 0.25) is 11.8 Å². The van der Waals surface area contributed by atoms with E-state index in [9.17, 15) is 19.5 Å². The smallest absolute Gasteiger partial charge is 0.331 e. The Bertz CT molecular complexity index is 656. The molecule has 1 fully saturated rings. The van der Waals surface area contributed by atoms with Crippen LogP contribution in [0.15, 0.2) is 11.6 Å². The molecule has 0 aromatic carbocycles. The molecule has 178 valence electrons. The molecule has 0 aromatic rings. The monoisotopic (exact) mass is 436 g/mol. The lowest BCUT2D eigenvalue weighted by molar-refractivity contribution is -0.140. The summed E-state index contributed by atoms with van der Waals surface area (Å²) in [6.07, 6.45) is 6.85. The number of aliphatic carboxylic acids is 1. The molecule has 0 aliphatic heterocycles. The molecule has 0 aromatic heterocycles. The average Bonchev–Trinajstić information content (AvgIpc) is 2.73. The van der Waals surface area contributed by atoms with E-state index in [1.54, 1.807) is 18.0 Å². The summed E-state index contributed by atoms with van der Waals surface area (Å²) in [6, 6.07) is -0.985. The van der Waals surface area contributed by atoms with E-state index in [4.69, 9.17) is 0 Å². The van der Waals surface area contributed by atoms with Crippen LogP contribution in [0.1, 0.15) is 80.6 Å². The predicted octanol–water partition coefficient (Wildman–Crippen LogP) is 4.49. The molecule has 6 heteroatoms. The van der Waals surface area contributed by atoms with Crippen LogP contribution >= 0.6 is 0 Å². The van der Waals surface area contributed by atoms with Crippen molar-refractivity contribution < 1.29 is 19.5 Å². The predicted molar refractivity (Wildman–Crippen MR) is 124 cm³/mol. The molecule has 31 heavy (non-hydrogen) atoms. The van der Waals surface area contributed by atoms with Gasteiger partial charge < -0.3 is 15.3 Å². The van der Waals surface area contributed by atoms with Crippen LogP contribution in [0.2, 0.25) is 0 Å². The molecule has 1 saturated carbocycles. The maximum absolute atomic E-state index is 13.4. The topological polar surface area (TPSA) is 86.7 Å². The van der Waals surface area contributed by atoms with Crippen molar-refractivity contribution in [3.05, 3.63) is 11.6 Å². The van der Waals surface area contributed by atoms with Crippen LogP contribution in [-0.2, 0) is 14.4 Å². The van der Waals surface area contributed by atoms with Gasteiger partial charge in [0.15, 0.2) is 0 Å². The zero-order chi connectivity index (χ0) is 23.9. The Hall–Kier alpha value is -1.85. The second kappa shape index (κ2) is 12.3. The van der Waals surface area contributed by atoms with E-state index in [2.05, 4.69) is 19.2 Å². The number of carboxylic acids is 1. The molecule has 0 bridgehead atoms. The number of hydrogen-bond donors (Lipinski definition) is 2. The number of amides is 2. The molecule has 0 radical (unpaired) electrons. The van der Waals surface area contributed by atoms with Gasteiger partial charge in [0.1, 0.15) is 6.04 Å². The van der Waals surface area contributed by atoms with Gasteiger partial charge in [-0.15, -0.1) is 0 Å². The summed E-state index contributed by atoms with van der Waals surface area (Å²) in [5.74, 6) is -0.394. The van der Waals surface area contributed by atoms with E-state index in [0.29, 0.717) is 11.8 Å². The second-order valence-electron chi connectivity index (χ2n) is 10.0. The molecule has 1 aliphatic carbocycles. The summed E-state index contributed by atoms with van der Waals surface area (Å²) in [5.41, 5.74) is 0.210. The van der Waals surface area contributed by atoms with Crippen LogP contribution in [-0.4, -0.2) is 46.9 Å². The van der Waals surface area contributed by atoms with Crippen molar-refractivity contribution in [1.29, 1.82) is 0 Å². The Balaban J connectivity index is 3.06. The number of carbonyl (C=O) groups is 3. The summed E-state index contributed by atoms with van der Waals surface area (Å²) in [4.78, 5) is 39.6. The summed E-state index contributed by atoms with van der Waals surface area (Å²) in [7, 11) is 1.70. The lowest BCUT2D eigenvalue weighted by atomic mass is 9.71. The van der Waals surface area contributed by atoms with Gasteiger partial charge in [-0.1, -0.05) is 66.9 Å². The van der Waals surface area contributed by atoms with Crippen molar-refractivity contribution in [2.45, 2.75) is 92.7 Å². The number of likely N-dealkylation sites (N-methyl/N-ethyl adjacent to an activating group) is 1. The van der Waals surface area contributed by atoms with Crippen molar-refractivity contribution in [3.63, 3.8) is 0 Å². The Morgan fingerprint density at radius 3 is 2.13 bits per heavy atom. The highest BCUT2D eigenvalue weighted by molar-refractivity contribution is 5.89. The highest BCUT2D eigenvalue weighted by Crippen LogP contribution is 2.36. The number of hydrogen-bond acceptors (Lipinski definition) is 3. The number of carboxylic acid groups (broad SMARTS) is 1. The first-order valence-electron chi connectivity index (χ1n) is 11.9. The minimum atomic E-state index is -0.992. The van der Waals surface area contributed by atoms with Gasteiger partial charge in [-0.3, -0.25) is 9.59 Å². The number of carbonyl (C=O) groups excluding carboxylic acids is 2. The fourth-order valence-electron chi connectivity index (χ4n) is 4.69. The molecule has 3 unspecified atom stereocenters. The molecule has 1 aliphatic rings. The maximum Gasteiger partial charge on any atom is 0.331 e. The van der Waals surface area contributed by atoms with Gasteiger partial charge in [0.05, 0.1) is 6.04 Å². The second-order valence-corrected chi connectivity index (χ2v) is 10.0. The fourth-order valence-corrected chi connectivity index (χ4v) is 4.69. The molecule has 1 rings (SSSR count). The van der Waals surface area contributed by atoms with Gasteiger partial charge in [-0.05, 0) is 43.4 Å². The van der Waals surface area contributed by atoms with E-state index in [0.717, 1.165) is 25.7 Å². The average molecular weight is 437 g/mol.